The van der Waals surface area contributed by atoms with Gasteiger partial charge in [-0.05, 0) is 17.7 Å². The summed E-state index contributed by atoms with van der Waals surface area (Å²) in [4.78, 5) is 36.3. The van der Waals surface area contributed by atoms with Crippen molar-refractivity contribution in [1.82, 2.24) is 0 Å². The van der Waals surface area contributed by atoms with E-state index in [0.29, 0.717) is 5.56 Å². The molecule has 0 fully saturated rings. The summed E-state index contributed by atoms with van der Waals surface area (Å²) < 4.78 is 14.7. The summed E-state index contributed by atoms with van der Waals surface area (Å²) in [5, 5.41) is 19.1. The number of nitrogens with zero attached hydrogens (tertiary/aromatic N) is 1. The molecule has 0 spiro atoms. The maximum atomic E-state index is 12.2. The van der Waals surface area contributed by atoms with Crippen molar-refractivity contribution >= 4 is 23.6 Å². The molecule has 134 valence electrons. The molecular weight excluding hydrogens is 334 g/mol. The van der Waals surface area contributed by atoms with Crippen molar-refractivity contribution in [2.24, 2.45) is 0 Å². The molecule has 9 heteroatoms. The zero-order chi connectivity index (χ0) is 18.6. The summed E-state index contributed by atoms with van der Waals surface area (Å²) in [5.74, 6) is -2.85. The first-order valence-electron chi connectivity index (χ1n) is 7.17. The van der Waals surface area contributed by atoms with Crippen LogP contribution in [-0.2, 0) is 35.0 Å². The highest BCUT2D eigenvalue weighted by Gasteiger charge is 2.33. The Kier molecular flexibility index (Phi) is 5.60. The number of ether oxygens (including phenoxy) is 3. The first-order chi connectivity index (χ1) is 11.9. The van der Waals surface area contributed by atoms with Crippen molar-refractivity contribution in [1.29, 1.82) is 0 Å². The smallest absolute Gasteiger partial charge is 0.355 e. The molecule has 0 amide bonds. The molecule has 0 saturated carbocycles. The van der Waals surface area contributed by atoms with E-state index in [0.717, 1.165) is 14.2 Å². The fraction of sp³-hybridized carbons (Fsp3) is 0.312. The number of carboxylic acid groups (broad SMARTS) is 1. The third-order valence-corrected chi connectivity index (χ3v) is 3.52. The van der Waals surface area contributed by atoms with Gasteiger partial charge in [-0.15, -0.1) is 0 Å². The Labute approximate surface area is 143 Å². The summed E-state index contributed by atoms with van der Waals surface area (Å²) in [5.41, 5.74) is 0.307. The Morgan fingerprint density at radius 1 is 1.20 bits per heavy atom. The van der Waals surface area contributed by atoms with Gasteiger partial charge in [0.1, 0.15) is 18.2 Å². The minimum atomic E-state index is -1.05. The normalized spacial score (nSPS) is 14.2. The summed E-state index contributed by atoms with van der Waals surface area (Å²) in [6.45, 7) is -0.307. The molecule has 0 atom stereocenters. The number of hydrogen-bond acceptors (Lipinski definition) is 8. The number of aliphatic carboxylic acids is 1. The number of phenolic OH excluding ortho intramolecular Hbond substituents is 1. The molecule has 0 aliphatic carbocycles. The van der Waals surface area contributed by atoms with Crippen LogP contribution in [0.5, 0.6) is 5.75 Å². The molecule has 0 unspecified atom stereocenters. The van der Waals surface area contributed by atoms with Gasteiger partial charge in [-0.3, -0.25) is 4.79 Å². The van der Waals surface area contributed by atoms with Gasteiger partial charge in [0.25, 0.3) is 0 Å². The van der Waals surface area contributed by atoms with Crippen LogP contribution in [-0.4, -0.2) is 55.7 Å². The monoisotopic (exact) mass is 351 g/mol. The van der Waals surface area contributed by atoms with E-state index < -0.39 is 17.9 Å². The molecule has 1 aromatic carbocycles. The van der Waals surface area contributed by atoms with Crippen LogP contribution in [0.2, 0.25) is 0 Å². The van der Waals surface area contributed by atoms with Crippen molar-refractivity contribution in [3.05, 3.63) is 35.0 Å². The molecule has 1 aliphatic heterocycles. The first kappa shape index (κ1) is 18.3. The van der Waals surface area contributed by atoms with Gasteiger partial charge in [0.05, 0.1) is 38.5 Å². The number of methoxy groups -OCH3 is 2. The van der Waals surface area contributed by atoms with Gasteiger partial charge in [0.2, 0.25) is 0 Å². The lowest BCUT2D eigenvalue weighted by Crippen LogP contribution is -2.38. The van der Waals surface area contributed by atoms with Gasteiger partial charge in [-0.1, -0.05) is 6.07 Å². The molecule has 25 heavy (non-hydrogen) atoms. The third-order valence-electron chi connectivity index (χ3n) is 3.52. The fourth-order valence-corrected chi connectivity index (χ4v) is 2.40. The van der Waals surface area contributed by atoms with Crippen LogP contribution in [0.15, 0.2) is 29.5 Å². The van der Waals surface area contributed by atoms with E-state index in [9.17, 15) is 19.5 Å². The van der Waals surface area contributed by atoms with Gasteiger partial charge in [-0.25, -0.2) is 9.59 Å². The quantitative estimate of drug-likeness (QED) is 0.726. The van der Waals surface area contributed by atoms with Gasteiger partial charge in [0.15, 0.2) is 0 Å². The zero-order valence-corrected chi connectivity index (χ0v) is 13.6. The SMILES string of the molecule is COC(=O)C1=C(C(=O)OC)N(c2cc(CC(=O)O)ccc2O)COC1. The summed E-state index contributed by atoms with van der Waals surface area (Å²) in [6.07, 6.45) is -0.275. The molecule has 2 rings (SSSR count). The van der Waals surface area contributed by atoms with Crippen LogP contribution in [0.4, 0.5) is 5.69 Å². The molecule has 2 N–H and O–H groups in total. The minimum Gasteiger partial charge on any atom is -0.506 e. The molecule has 1 heterocycles. The van der Waals surface area contributed by atoms with Crippen LogP contribution in [0, 0.1) is 0 Å². The molecule has 0 saturated heterocycles. The maximum absolute atomic E-state index is 12.2. The van der Waals surface area contributed by atoms with Crippen LogP contribution in [0.25, 0.3) is 0 Å². The molecule has 0 bridgehead atoms. The van der Waals surface area contributed by atoms with Crippen LogP contribution >= 0.6 is 0 Å². The molecule has 9 nitrogen and oxygen atoms in total. The van der Waals surface area contributed by atoms with Gasteiger partial charge < -0.3 is 29.3 Å². The lowest BCUT2D eigenvalue weighted by Gasteiger charge is -2.31. The topological polar surface area (TPSA) is 123 Å². The molecule has 1 aliphatic rings. The van der Waals surface area contributed by atoms with Crippen LogP contribution in [0.3, 0.4) is 0 Å². The van der Waals surface area contributed by atoms with Crippen molar-refractivity contribution in [2.75, 3.05) is 32.5 Å². The van der Waals surface area contributed by atoms with E-state index in [4.69, 9.17) is 14.6 Å². The standard InChI is InChI=1S/C16H17NO8/c1-23-15(21)10-7-25-8-17(14(10)16(22)24-2)11-5-9(6-13(19)20)3-4-12(11)18/h3-5,18H,6-8H2,1-2H3,(H,19,20). The Bertz CT molecular complexity index is 740. The van der Waals surface area contributed by atoms with Crippen LogP contribution in [0.1, 0.15) is 5.56 Å². The Hall–Kier alpha value is -3.07. The van der Waals surface area contributed by atoms with E-state index >= 15 is 0 Å². The summed E-state index contributed by atoms with van der Waals surface area (Å²) in [7, 11) is 2.31. The largest absolute Gasteiger partial charge is 0.506 e. The van der Waals surface area contributed by atoms with E-state index in [-0.39, 0.29) is 42.5 Å². The lowest BCUT2D eigenvalue weighted by atomic mass is 10.1. The number of esters is 2. The number of carbonyl (C=O) groups excluding carboxylic acids is 2. The molecule has 0 aromatic heterocycles. The van der Waals surface area contributed by atoms with E-state index in [1.54, 1.807) is 0 Å². The fourth-order valence-electron chi connectivity index (χ4n) is 2.40. The van der Waals surface area contributed by atoms with Crippen molar-refractivity contribution in [2.45, 2.75) is 6.42 Å². The lowest BCUT2D eigenvalue weighted by molar-refractivity contribution is -0.140. The molecule has 1 aromatic rings. The third kappa shape index (κ3) is 3.89. The Balaban J connectivity index is 2.57. The van der Waals surface area contributed by atoms with Crippen molar-refractivity contribution in [3.63, 3.8) is 0 Å². The van der Waals surface area contributed by atoms with E-state index in [1.165, 1.54) is 23.1 Å². The summed E-state index contributed by atoms with van der Waals surface area (Å²) >= 11 is 0. The number of hydrogen-bond donors (Lipinski definition) is 2. The highest BCUT2D eigenvalue weighted by atomic mass is 16.5. The number of benzene rings is 1. The summed E-state index contributed by atoms with van der Waals surface area (Å²) in [6, 6.07) is 4.14. The number of aromatic hydroxyl groups is 1. The minimum absolute atomic E-state index is 0.0661. The van der Waals surface area contributed by atoms with Crippen molar-refractivity contribution < 1.29 is 38.8 Å². The predicted octanol–water partition coefficient (Wildman–Crippen LogP) is 0.413. The Morgan fingerprint density at radius 2 is 1.88 bits per heavy atom. The zero-order valence-electron chi connectivity index (χ0n) is 13.6. The highest BCUT2D eigenvalue weighted by molar-refractivity contribution is 6.03. The number of carbonyl (C=O) groups is 3. The van der Waals surface area contributed by atoms with Gasteiger partial charge in [0, 0.05) is 0 Å². The number of anilines is 1. The molecular formula is C16H17NO8. The van der Waals surface area contributed by atoms with E-state index in [1.807, 2.05) is 0 Å². The average Bonchev–Trinajstić information content (AvgIpc) is 2.60. The number of phenols is 1. The predicted molar refractivity (Wildman–Crippen MR) is 83.8 cm³/mol. The van der Waals surface area contributed by atoms with Crippen molar-refractivity contribution in [3.8, 4) is 5.75 Å². The average molecular weight is 351 g/mol. The van der Waals surface area contributed by atoms with Gasteiger partial charge >= 0.3 is 17.9 Å². The second kappa shape index (κ2) is 7.67. The Morgan fingerprint density at radius 3 is 2.48 bits per heavy atom. The van der Waals surface area contributed by atoms with Gasteiger partial charge in [-0.2, -0.15) is 0 Å². The maximum Gasteiger partial charge on any atom is 0.355 e. The van der Waals surface area contributed by atoms with Crippen LogP contribution < -0.4 is 4.90 Å². The van der Waals surface area contributed by atoms with E-state index in [2.05, 4.69) is 4.74 Å². The number of carboxylic acids is 1. The first-order valence-corrected chi connectivity index (χ1v) is 7.17. The number of rotatable bonds is 5. The second-order valence-electron chi connectivity index (χ2n) is 5.11. The molecule has 0 radical (unpaired) electrons. The second-order valence-corrected chi connectivity index (χ2v) is 5.11. The highest BCUT2D eigenvalue weighted by Crippen LogP contribution is 2.34.